The minimum absolute atomic E-state index is 0. The molecule has 0 saturated heterocycles. The Bertz CT molecular complexity index is 1350. The van der Waals surface area contributed by atoms with Crippen LogP contribution >= 0.6 is 31.9 Å². The van der Waals surface area contributed by atoms with Gasteiger partial charge in [0.05, 0.1) is 11.1 Å². The smallest absolute Gasteiger partial charge is 0.342 e. The van der Waals surface area contributed by atoms with E-state index in [-0.39, 0.29) is 34.9 Å². The highest BCUT2D eigenvalue weighted by molar-refractivity contribution is 9.11. The molecule has 1 aliphatic heterocycles. The number of halogens is 3. The number of hydrogen-bond acceptors (Lipinski definition) is 5. The zero-order valence-electron chi connectivity index (χ0n) is 16.2. The molecule has 0 saturated carbocycles. The van der Waals surface area contributed by atoms with Gasteiger partial charge in [-0.25, -0.2) is 4.79 Å². The van der Waals surface area contributed by atoms with Gasteiger partial charge in [0.1, 0.15) is 15.8 Å². The number of esters is 1. The topological polar surface area (TPSA) is 111 Å². The molecule has 31 heavy (non-hydrogen) atoms. The van der Waals surface area contributed by atoms with E-state index in [9.17, 15) is 9.90 Å². The molecule has 0 fully saturated rings. The molecule has 5 N–H and O–H groups in total. The summed E-state index contributed by atoms with van der Waals surface area (Å²) in [7, 11) is 0. The van der Waals surface area contributed by atoms with Gasteiger partial charge in [-0.2, -0.15) is 0 Å². The van der Waals surface area contributed by atoms with Crippen molar-refractivity contribution in [2.24, 2.45) is 0 Å². The predicted molar refractivity (Wildman–Crippen MR) is 121 cm³/mol. The van der Waals surface area contributed by atoms with Crippen molar-refractivity contribution in [2.75, 3.05) is 12.3 Å². The van der Waals surface area contributed by atoms with E-state index < -0.39 is 5.97 Å². The Hall–Kier alpha value is -2.36. The lowest BCUT2D eigenvalue weighted by Gasteiger charge is -2.19. The molecular weight excluding hydrogens is 596 g/mol. The van der Waals surface area contributed by atoms with E-state index in [0.29, 0.717) is 53.4 Å². The third kappa shape index (κ3) is 3.86. The molecule has 0 amide bonds. The maximum atomic E-state index is 12.7. The van der Waals surface area contributed by atoms with Crippen molar-refractivity contribution in [2.45, 2.75) is 6.92 Å². The van der Waals surface area contributed by atoms with E-state index in [1.54, 1.807) is 31.2 Å². The van der Waals surface area contributed by atoms with Gasteiger partial charge in [0, 0.05) is 33.8 Å². The highest BCUT2D eigenvalue weighted by Gasteiger charge is 2.27. The summed E-state index contributed by atoms with van der Waals surface area (Å²) in [6.07, 6.45) is 0. The van der Waals surface area contributed by atoms with E-state index in [2.05, 4.69) is 31.9 Å². The Morgan fingerprint density at radius 3 is 2.58 bits per heavy atom. The number of nitrogen functional groups attached to an aromatic ring is 1. The van der Waals surface area contributed by atoms with E-state index >= 15 is 0 Å². The van der Waals surface area contributed by atoms with Crippen LogP contribution < -0.4 is 33.5 Å². The number of rotatable bonds is 3. The summed E-state index contributed by atoms with van der Waals surface area (Å²) in [5.41, 5.74) is 9.03. The number of benzene rings is 3. The minimum atomic E-state index is -0.614. The van der Waals surface area contributed by atoms with Crippen molar-refractivity contribution in [1.29, 1.82) is 0 Å². The minimum Gasteiger partial charge on any atom is -1.00 e. The Labute approximate surface area is 204 Å². The number of hydrogen-bond donors (Lipinski definition) is 3. The number of anilines is 1. The first-order valence-electron chi connectivity index (χ1n) is 9.06. The molecule has 0 spiro atoms. The van der Waals surface area contributed by atoms with Crippen molar-refractivity contribution in [3.8, 4) is 28.2 Å². The monoisotopic (exact) mass is 610 g/mol. The summed E-state index contributed by atoms with van der Waals surface area (Å²) < 4.78 is 12.5. The zero-order chi connectivity index (χ0) is 21.6. The fraction of sp³-hybridized carbons (Fsp3) is 0.0909. The fourth-order valence-electron chi connectivity index (χ4n) is 3.44. The lowest BCUT2D eigenvalue weighted by Crippen LogP contribution is -3.00. The van der Waals surface area contributed by atoms with Crippen LogP contribution in [0.3, 0.4) is 0 Å². The van der Waals surface area contributed by atoms with Crippen LogP contribution in [0.4, 0.5) is 5.69 Å². The molecule has 9 heteroatoms. The third-order valence-electron chi connectivity index (χ3n) is 4.79. The molecule has 2 aromatic rings. The Morgan fingerprint density at radius 2 is 1.87 bits per heavy atom. The second-order valence-electron chi connectivity index (χ2n) is 6.59. The van der Waals surface area contributed by atoms with Crippen LogP contribution in [0.5, 0.6) is 5.75 Å². The maximum Gasteiger partial charge on any atom is 0.342 e. The largest absolute Gasteiger partial charge is 1.00 e. The van der Waals surface area contributed by atoms with Crippen molar-refractivity contribution in [1.82, 2.24) is 0 Å². The van der Waals surface area contributed by atoms with Gasteiger partial charge < -0.3 is 37.0 Å². The van der Waals surface area contributed by atoms with Gasteiger partial charge in [0.15, 0.2) is 11.3 Å². The molecule has 2 aliphatic rings. The van der Waals surface area contributed by atoms with Crippen LogP contribution in [0.15, 0.2) is 55.8 Å². The van der Waals surface area contributed by atoms with Crippen molar-refractivity contribution >= 4 is 54.5 Å². The quantitative estimate of drug-likeness (QED) is 0.181. The fourth-order valence-corrected chi connectivity index (χ4v) is 4.29. The zero-order valence-corrected chi connectivity index (χ0v) is 21.0. The SMILES string of the molecule is CCOC(=O)c1c(O)cccc1-c1c2ccc(=[NH2+])c(Br)c-2oc2c(Br)c(N)ccc12.[Br-]. The molecule has 0 atom stereocenters. The standard InChI is InChI=1S/C22H16Br2N2O4.BrH/c1-2-29-22(28)17-10(4-3-5-15(17)27)16-11-6-8-13(25)18(23)20(11)30-21-12(16)7-9-14(26)19(21)24;/h3-9,25,27H,2,26H2,1H3;1H. The number of phenolic OH excluding ortho intramolecular Hbond substituents is 1. The molecule has 4 rings (SSSR count). The number of carbonyl (C=O) groups is 1. The summed E-state index contributed by atoms with van der Waals surface area (Å²) in [6, 6.07) is 12.0. The van der Waals surface area contributed by atoms with Gasteiger partial charge in [-0.15, -0.1) is 0 Å². The summed E-state index contributed by atoms with van der Waals surface area (Å²) in [4.78, 5) is 12.7. The van der Waals surface area contributed by atoms with Crippen molar-refractivity contribution in [3.63, 3.8) is 0 Å². The first kappa shape index (κ1) is 23.3. The van der Waals surface area contributed by atoms with Crippen LogP contribution in [-0.2, 0) is 4.74 Å². The third-order valence-corrected chi connectivity index (χ3v) is 6.42. The molecule has 0 radical (unpaired) electrons. The second-order valence-corrected chi connectivity index (χ2v) is 8.17. The lowest BCUT2D eigenvalue weighted by molar-refractivity contribution is -0.173. The Kier molecular flexibility index (Phi) is 6.78. The van der Waals surface area contributed by atoms with Gasteiger partial charge in [0.2, 0.25) is 5.36 Å². The van der Waals surface area contributed by atoms with Crippen LogP contribution in [0.1, 0.15) is 17.3 Å². The number of ether oxygens (including phenoxy) is 1. The van der Waals surface area contributed by atoms with Gasteiger partial charge >= 0.3 is 5.97 Å². The van der Waals surface area contributed by atoms with Gasteiger partial charge in [-0.3, -0.25) is 5.41 Å². The second kappa shape index (κ2) is 9.02. The predicted octanol–water partition coefficient (Wildman–Crippen LogP) is 0.858. The average molecular weight is 613 g/mol. The number of carbonyl (C=O) groups excluding carboxylic acids is 1. The highest BCUT2D eigenvalue weighted by Crippen LogP contribution is 2.46. The van der Waals surface area contributed by atoms with Crippen LogP contribution in [0.2, 0.25) is 0 Å². The summed E-state index contributed by atoms with van der Waals surface area (Å²) in [5.74, 6) is -0.296. The van der Waals surface area contributed by atoms with Crippen LogP contribution in [-0.4, -0.2) is 17.7 Å². The molecule has 0 bridgehead atoms. The molecule has 6 nitrogen and oxygen atoms in total. The number of fused-ring (bicyclic) bond motifs is 2. The first-order chi connectivity index (χ1) is 14.3. The Balaban J connectivity index is 0.00000272. The molecule has 0 unspecified atom stereocenters. The molecule has 1 aliphatic carbocycles. The van der Waals surface area contributed by atoms with E-state index in [4.69, 9.17) is 20.3 Å². The normalized spacial score (nSPS) is 10.8. The lowest BCUT2D eigenvalue weighted by atomic mass is 9.90. The maximum absolute atomic E-state index is 12.7. The van der Waals surface area contributed by atoms with Crippen molar-refractivity contribution in [3.05, 3.63) is 62.3 Å². The molecule has 1 heterocycles. The Morgan fingerprint density at radius 1 is 1.13 bits per heavy atom. The van der Waals surface area contributed by atoms with Crippen LogP contribution in [0, 0.1) is 0 Å². The molecule has 160 valence electrons. The van der Waals surface area contributed by atoms with E-state index in [1.165, 1.54) is 6.07 Å². The van der Waals surface area contributed by atoms with E-state index in [1.807, 2.05) is 12.1 Å². The van der Waals surface area contributed by atoms with Crippen molar-refractivity contribution < 1.29 is 41.4 Å². The number of nitrogens with two attached hydrogens (primary N) is 2. The van der Waals surface area contributed by atoms with Gasteiger partial charge in [0.25, 0.3) is 0 Å². The van der Waals surface area contributed by atoms with Gasteiger partial charge in [-0.1, -0.05) is 12.1 Å². The molecule has 2 aromatic carbocycles. The number of phenols is 1. The van der Waals surface area contributed by atoms with E-state index in [0.717, 1.165) is 0 Å². The number of aromatic hydroxyl groups is 1. The van der Waals surface area contributed by atoms with Gasteiger partial charge in [-0.05, 0) is 63.0 Å². The summed E-state index contributed by atoms with van der Waals surface area (Å²) in [6.45, 7) is 1.89. The molecular formula is C22H17Br3N2O4. The first-order valence-corrected chi connectivity index (χ1v) is 10.6. The highest BCUT2D eigenvalue weighted by atomic mass is 79.9. The van der Waals surface area contributed by atoms with Crippen LogP contribution in [0.25, 0.3) is 33.4 Å². The average Bonchev–Trinajstić information content (AvgIpc) is 2.72. The summed E-state index contributed by atoms with van der Waals surface area (Å²) >= 11 is 6.99. The molecule has 0 aromatic heterocycles. The summed E-state index contributed by atoms with van der Waals surface area (Å²) in [5, 5.41) is 17.8.